The van der Waals surface area contributed by atoms with E-state index in [4.69, 9.17) is 9.47 Å². The number of aryl methyl sites for hydroxylation is 1. The molecule has 0 aliphatic heterocycles. The van der Waals surface area contributed by atoms with Crippen molar-refractivity contribution in [1.29, 1.82) is 0 Å². The van der Waals surface area contributed by atoms with Crippen molar-refractivity contribution in [3.05, 3.63) is 29.3 Å². The van der Waals surface area contributed by atoms with Gasteiger partial charge in [0.05, 0.1) is 6.42 Å². The van der Waals surface area contributed by atoms with Gasteiger partial charge in [-0.05, 0) is 30.4 Å². The van der Waals surface area contributed by atoms with Gasteiger partial charge in [-0.3, -0.25) is 4.79 Å². The van der Waals surface area contributed by atoms with Gasteiger partial charge in [0.1, 0.15) is 5.75 Å². The first-order valence-electron chi connectivity index (χ1n) is 7.53. The summed E-state index contributed by atoms with van der Waals surface area (Å²) in [5.41, 5.74) is 1.99. The molecule has 0 aromatic heterocycles. The molecule has 0 bridgehead atoms. The Labute approximate surface area is 127 Å². The maximum Gasteiger partial charge on any atom is 0.303 e. The van der Waals surface area contributed by atoms with Crippen LogP contribution in [0.2, 0.25) is 0 Å². The highest BCUT2D eigenvalue weighted by atomic mass is 16.7. The number of benzene rings is 1. The smallest absolute Gasteiger partial charge is 0.303 e. The van der Waals surface area contributed by atoms with Crippen molar-refractivity contribution in [2.45, 2.75) is 51.9 Å². The number of carboxylic acids is 1. The van der Waals surface area contributed by atoms with E-state index in [1.54, 1.807) is 7.11 Å². The van der Waals surface area contributed by atoms with E-state index < -0.39 is 5.97 Å². The molecule has 118 valence electrons. The van der Waals surface area contributed by atoms with Crippen molar-refractivity contribution in [2.24, 2.45) is 0 Å². The van der Waals surface area contributed by atoms with Crippen molar-refractivity contribution in [1.82, 2.24) is 0 Å². The number of rotatable bonds is 10. The summed E-state index contributed by atoms with van der Waals surface area (Å²) in [6.45, 7) is 4.29. The van der Waals surface area contributed by atoms with E-state index in [2.05, 4.69) is 6.92 Å². The highest BCUT2D eigenvalue weighted by molar-refractivity contribution is 5.68. The lowest BCUT2D eigenvalue weighted by molar-refractivity contribution is -0.137. The lowest BCUT2D eigenvalue weighted by Crippen LogP contribution is -2.10. The predicted octanol–water partition coefficient (Wildman–Crippen LogP) is 4.12. The molecular formula is C17H26O4. The van der Waals surface area contributed by atoms with Crippen LogP contribution in [0.5, 0.6) is 5.75 Å². The Hall–Kier alpha value is -1.55. The molecule has 1 aromatic carbocycles. The molecule has 1 N–H and O–H groups in total. The van der Waals surface area contributed by atoms with Gasteiger partial charge in [-0.25, -0.2) is 0 Å². The molecule has 0 radical (unpaired) electrons. The minimum Gasteiger partial charge on any atom is -0.481 e. The molecule has 0 saturated carbocycles. The summed E-state index contributed by atoms with van der Waals surface area (Å²) in [4.78, 5) is 11.2. The molecule has 1 rings (SSSR count). The van der Waals surface area contributed by atoms with Crippen LogP contribution in [-0.4, -0.2) is 25.0 Å². The first kappa shape index (κ1) is 17.5. The first-order chi connectivity index (χ1) is 10.1. The minimum atomic E-state index is -0.768. The van der Waals surface area contributed by atoms with Gasteiger partial charge in [-0.2, -0.15) is 0 Å². The van der Waals surface area contributed by atoms with Crippen molar-refractivity contribution >= 4 is 5.97 Å². The van der Waals surface area contributed by atoms with Crippen LogP contribution >= 0.6 is 0 Å². The summed E-state index contributed by atoms with van der Waals surface area (Å²) < 4.78 is 10.6. The van der Waals surface area contributed by atoms with Crippen LogP contribution in [0, 0.1) is 6.92 Å². The Morgan fingerprint density at radius 3 is 2.71 bits per heavy atom. The average molecular weight is 294 g/mol. The number of aliphatic carboxylic acids is 1. The van der Waals surface area contributed by atoms with Crippen LogP contribution in [0.1, 0.15) is 56.1 Å². The Balaban J connectivity index is 2.98. The van der Waals surface area contributed by atoms with Crippen LogP contribution in [0.3, 0.4) is 0 Å². The molecule has 0 amide bonds. The van der Waals surface area contributed by atoms with Gasteiger partial charge in [0.15, 0.2) is 6.79 Å². The largest absolute Gasteiger partial charge is 0.481 e. The van der Waals surface area contributed by atoms with E-state index in [-0.39, 0.29) is 19.1 Å². The fraction of sp³-hybridized carbons (Fsp3) is 0.588. The molecule has 0 heterocycles. The van der Waals surface area contributed by atoms with Gasteiger partial charge in [-0.15, -0.1) is 0 Å². The van der Waals surface area contributed by atoms with Crippen molar-refractivity contribution in [2.75, 3.05) is 13.9 Å². The fourth-order valence-corrected chi connectivity index (χ4v) is 2.53. The number of unbranched alkanes of at least 4 members (excludes halogenated alkanes) is 2. The third-order valence-electron chi connectivity index (χ3n) is 3.58. The molecule has 0 fully saturated rings. The van der Waals surface area contributed by atoms with Crippen LogP contribution in [0.25, 0.3) is 0 Å². The molecule has 0 saturated heterocycles. The molecule has 1 atom stereocenters. The lowest BCUT2D eigenvalue weighted by atomic mass is 9.88. The standard InChI is InChI=1S/C17H26O4/c1-4-5-6-9-14(11-16(18)19)15-10-7-8-13(2)17(15)21-12-20-3/h7-8,10,14H,4-6,9,11-12H2,1-3H3,(H,18,19). The molecule has 0 aliphatic rings. The number of para-hydroxylation sites is 1. The highest BCUT2D eigenvalue weighted by Crippen LogP contribution is 2.35. The number of ether oxygens (including phenoxy) is 2. The lowest BCUT2D eigenvalue weighted by Gasteiger charge is -2.20. The maximum atomic E-state index is 11.2. The number of carboxylic acid groups (broad SMARTS) is 1. The molecule has 4 nitrogen and oxygen atoms in total. The van der Waals surface area contributed by atoms with E-state index in [1.807, 2.05) is 25.1 Å². The topological polar surface area (TPSA) is 55.8 Å². The Bertz CT molecular complexity index is 442. The summed E-state index contributed by atoms with van der Waals surface area (Å²) in [5, 5.41) is 9.17. The zero-order valence-corrected chi connectivity index (χ0v) is 13.2. The highest BCUT2D eigenvalue weighted by Gasteiger charge is 2.20. The van der Waals surface area contributed by atoms with E-state index in [0.717, 1.165) is 42.6 Å². The van der Waals surface area contributed by atoms with Crippen molar-refractivity contribution in [3.63, 3.8) is 0 Å². The second-order valence-corrected chi connectivity index (χ2v) is 5.33. The molecular weight excluding hydrogens is 268 g/mol. The van der Waals surface area contributed by atoms with Gasteiger partial charge in [0, 0.05) is 7.11 Å². The quantitative estimate of drug-likeness (QED) is 0.521. The summed E-state index contributed by atoms with van der Waals surface area (Å²) in [6, 6.07) is 5.90. The summed E-state index contributed by atoms with van der Waals surface area (Å²) in [6.07, 6.45) is 4.28. The second kappa shape index (κ2) is 9.40. The zero-order valence-electron chi connectivity index (χ0n) is 13.2. The Kier molecular flexibility index (Phi) is 7.83. The molecule has 0 spiro atoms. The Morgan fingerprint density at radius 1 is 1.33 bits per heavy atom. The van der Waals surface area contributed by atoms with E-state index >= 15 is 0 Å². The fourth-order valence-electron chi connectivity index (χ4n) is 2.53. The number of methoxy groups -OCH3 is 1. The summed E-state index contributed by atoms with van der Waals surface area (Å²) >= 11 is 0. The SMILES string of the molecule is CCCCCC(CC(=O)O)c1cccc(C)c1OCOC. The van der Waals surface area contributed by atoms with Crippen LogP contribution in [0.15, 0.2) is 18.2 Å². The third kappa shape index (κ3) is 5.76. The normalized spacial score (nSPS) is 12.1. The minimum absolute atomic E-state index is 0.0131. The average Bonchev–Trinajstić information content (AvgIpc) is 2.44. The van der Waals surface area contributed by atoms with Gasteiger partial charge in [0.25, 0.3) is 0 Å². The second-order valence-electron chi connectivity index (χ2n) is 5.33. The summed E-state index contributed by atoms with van der Waals surface area (Å²) in [5.74, 6) is -0.0152. The van der Waals surface area contributed by atoms with E-state index in [9.17, 15) is 9.90 Å². The van der Waals surface area contributed by atoms with Crippen LogP contribution in [-0.2, 0) is 9.53 Å². The number of carbonyl (C=O) groups is 1. The number of hydrogen-bond acceptors (Lipinski definition) is 3. The van der Waals surface area contributed by atoms with Gasteiger partial charge in [0.2, 0.25) is 0 Å². The molecule has 1 unspecified atom stereocenters. The number of hydrogen-bond donors (Lipinski definition) is 1. The summed E-state index contributed by atoms with van der Waals surface area (Å²) in [7, 11) is 1.58. The monoisotopic (exact) mass is 294 g/mol. The van der Waals surface area contributed by atoms with Crippen molar-refractivity contribution < 1.29 is 19.4 Å². The van der Waals surface area contributed by atoms with Gasteiger partial charge >= 0.3 is 5.97 Å². The van der Waals surface area contributed by atoms with Gasteiger partial charge < -0.3 is 14.6 Å². The molecule has 1 aromatic rings. The van der Waals surface area contributed by atoms with Crippen LogP contribution < -0.4 is 4.74 Å². The van der Waals surface area contributed by atoms with E-state index in [1.165, 1.54) is 0 Å². The first-order valence-corrected chi connectivity index (χ1v) is 7.53. The maximum absolute atomic E-state index is 11.2. The van der Waals surface area contributed by atoms with Gasteiger partial charge in [-0.1, -0.05) is 44.4 Å². The van der Waals surface area contributed by atoms with Crippen LogP contribution in [0.4, 0.5) is 0 Å². The molecule has 0 aliphatic carbocycles. The molecule has 21 heavy (non-hydrogen) atoms. The zero-order chi connectivity index (χ0) is 15.7. The van der Waals surface area contributed by atoms with Crippen molar-refractivity contribution in [3.8, 4) is 5.75 Å². The molecule has 4 heteroatoms. The van der Waals surface area contributed by atoms with E-state index in [0.29, 0.717) is 0 Å². The third-order valence-corrected chi connectivity index (χ3v) is 3.58. The predicted molar refractivity (Wildman–Crippen MR) is 82.8 cm³/mol. The Morgan fingerprint density at radius 2 is 2.10 bits per heavy atom.